The smallest absolute Gasteiger partial charge is 0.404 e. The van der Waals surface area contributed by atoms with Crippen LogP contribution in [0.1, 0.15) is 32.6 Å². The molecule has 0 bridgehead atoms. The van der Waals surface area contributed by atoms with Crippen molar-refractivity contribution >= 4 is 6.09 Å². The molecule has 6 heteroatoms. The Kier molecular flexibility index (Phi) is 4.92. The zero-order valence-corrected chi connectivity index (χ0v) is 9.25. The quantitative estimate of drug-likeness (QED) is 0.697. The molecule has 0 aromatic rings. The Hall–Kier alpha value is -0.910. The van der Waals surface area contributed by atoms with Crippen molar-refractivity contribution in [3.05, 3.63) is 0 Å². The SMILES string of the molecule is CC(N[C@H]1CC[C@H](NC(=O)O)CC1)C(F)F. The minimum Gasteiger partial charge on any atom is -0.465 e. The molecule has 1 aliphatic rings. The predicted molar refractivity (Wildman–Crippen MR) is 55.8 cm³/mol. The summed E-state index contributed by atoms with van der Waals surface area (Å²) in [6.45, 7) is 1.46. The lowest BCUT2D eigenvalue weighted by Crippen LogP contribution is -2.46. The maximum atomic E-state index is 12.3. The molecule has 1 saturated carbocycles. The van der Waals surface area contributed by atoms with Crippen LogP contribution in [0, 0.1) is 0 Å². The third-order valence-corrected chi connectivity index (χ3v) is 2.93. The third kappa shape index (κ3) is 4.30. The van der Waals surface area contributed by atoms with Gasteiger partial charge in [-0.3, -0.25) is 0 Å². The van der Waals surface area contributed by atoms with Crippen LogP contribution in [0.15, 0.2) is 0 Å². The van der Waals surface area contributed by atoms with E-state index in [1.807, 2.05) is 0 Å². The van der Waals surface area contributed by atoms with Crippen LogP contribution >= 0.6 is 0 Å². The standard InChI is InChI=1S/C10H18F2N2O2/c1-6(9(11)12)13-7-2-4-8(5-3-7)14-10(15)16/h6-9,13-14H,2-5H2,1H3,(H,15,16)/t6?,7-,8-. The molecule has 1 rings (SSSR count). The fourth-order valence-corrected chi connectivity index (χ4v) is 2.02. The molecule has 1 amide bonds. The summed E-state index contributed by atoms with van der Waals surface area (Å²) >= 11 is 0. The minimum atomic E-state index is -2.35. The molecule has 3 N–H and O–H groups in total. The van der Waals surface area contributed by atoms with Crippen molar-refractivity contribution in [2.75, 3.05) is 0 Å². The first-order chi connectivity index (χ1) is 7.49. The Balaban J connectivity index is 2.24. The Labute approximate surface area is 93.4 Å². The molecule has 0 aromatic carbocycles. The first-order valence-electron chi connectivity index (χ1n) is 5.52. The molecule has 0 aliphatic heterocycles. The fourth-order valence-electron chi connectivity index (χ4n) is 2.02. The zero-order valence-electron chi connectivity index (χ0n) is 9.25. The summed E-state index contributed by atoms with van der Waals surface area (Å²) in [6.07, 6.45) is -0.476. The molecular formula is C10H18F2N2O2. The first kappa shape index (κ1) is 13.2. The van der Waals surface area contributed by atoms with Gasteiger partial charge in [0.1, 0.15) is 0 Å². The molecule has 0 saturated heterocycles. The summed E-state index contributed by atoms with van der Waals surface area (Å²) in [5.74, 6) is 0. The largest absolute Gasteiger partial charge is 0.465 e. The van der Waals surface area contributed by atoms with E-state index < -0.39 is 18.6 Å². The van der Waals surface area contributed by atoms with Gasteiger partial charge >= 0.3 is 6.09 Å². The van der Waals surface area contributed by atoms with Crippen LogP contribution in [0.2, 0.25) is 0 Å². The second kappa shape index (κ2) is 5.98. The Morgan fingerprint density at radius 1 is 1.25 bits per heavy atom. The van der Waals surface area contributed by atoms with Crippen LogP contribution in [-0.2, 0) is 0 Å². The molecule has 94 valence electrons. The number of halogens is 2. The molecule has 4 nitrogen and oxygen atoms in total. The highest BCUT2D eigenvalue weighted by atomic mass is 19.3. The molecule has 0 spiro atoms. The molecule has 0 heterocycles. The molecule has 0 radical (unpaired) electrons. The molecule has 1 unspecified atom stereocenters. The highest BCUT2D eigenvalue weighted by molar-refractivity contribution is 5.64. The van der Waals surface area contributed by atoms with Gasteiger partial charge in [-0.05, 0) is 32.6 Å². The van der Waals surface area contributed by atoms with Crippen molar-refractivity contribution in [1.82, 2.24) is 10.6 Å². The number of nitrogens with one attached hydrogen (secondary N) is 2. The van der Waals surface area contributed by atoms with E-state index in [1.165, 1.54) is 6.92 Å². The maximum absolute atomic E-state index is 12.3. The van der Waals surface area contributed by atoms with Crippen molar-refractivity contribution in [2.45, 2.75) is 57.2 Å². The monoisotopic (exact) mass is 236 g/mol. The fraction of sp³-hybridized carbons (Fsp3) is 0.900. The second-order valence-corrected chi connectivity index (χ2v) is 4.29. The van der Waals surface area contributed by atoms with E-state index in [9.17, 15) is 13.6 Å². The van der Waals surface area contributed by atoms with E-state index in [-0.39, 0.29) is 12.1 Å². The Morgan fingerprint density at radius 3 is 2.19 bits per heavy atom. The van der Waals surface area contributed by atoms with Crippen molar-refractivity contribution in [2.24, 2.45) is 0 Å². The average Bonchev–Trinajstić information content (AvgIpc) is 2.20. The highest BCUT2D eigenvalue weighted by Gasteiger charge is 2.25. The lowest BCUT2D eigenvalue weighted by Gasteiger charge is -2.30. The number of rotatable bonds is 4. The van der Waals surface area contributed by atoms with Crippen LogP contribution in [0.25, 0.3) is 0 Å². The minimum absolute atomic E-state index is 0.0302. The number of carbonyl (C=O) groups is 1. The summed E-state index contributed by atoms with van der Waals surface area (Å²) < 4.78 is 24.6. The van der Waals surface area contributed by atoms with Gasteiger partial charge in [0.25, 0.3) is 6.43 Å². The van der Waals surface area contributed by atoms with Crippen molar-refractivity contribution in [3.63, 3.8) is 0 Å². The highest BCUT2D eigenvalue weighted by Crippen LogP contribution is 2.19. The van der Waals surface area contributed by atoms with Gasteiger partial charge in [0.2, 0.25) is 0 Å². The van der Waals surface area contributed by atoms with Gasteiger partial charge in [-0.25, -0.2) is 13.6 Å². The van der Waals surface area contributed by atoms with Crippen LogP contribution < -0.4 is 10.6 Å². The second-order valence-electron chi connectivity index (χ2n) is 4.29. The van der Waals surface area contributed by atoms with Crippen molar-refractivity contribution in [1.29, 1.82) is 0 Å². The number of alkyl halides is 2. The van der Waals surface area contributed by atoms with Gasteiger partial charge in [0.15, 0.2) is 0 Å². The normalized spacial score (nSPS) is 27.8. The van der Waals surface area contributed by atoms with E-state index in [0.717, 1.165) is 12.8 Å². The lowest BCUT2D eigenvalue weighted by atomic mass is 9.91. The summed E-state index contributed by atoms with van der Waals surface area (Å²) in [4.78, 5) is 10.4. The average molecular weight is 236 g/mol. The Morgan fingerprint density at radius 2 is 1.75 bits per heavy atom. The molecule has 1 aliphatic carbocycles. The van der Waals surface area contributed by atoms with Gasteiger partial charge < -0.3 is 15.7 Å². The Bertz CT molecular complexity index is 231. The maximum Gasteiger partial charge on any atom is 0.404 e. The van der Waals surface area contributed by atoms with Crippen LogP contribution in [0.3, 0.4) is 0 Å². The molecule has 1 atom stereocenters. The molecule has 0 aromatic heterocycles. The predicted octanol–water partition coefficient (Wildman–Crippen LogP) is 1.81. The van der Waals surface area contributed by atoms with Gasteiger partial charge in [0.05, 0.1) is 6.04 Å². The number of hydrogen-bond acceptors (Lipinski definition) is 2. The van der Waals surface area contributed by atoms with E-state index in [0.29, 0.717) is 12.8 Å². The van der Waals surface area contributed by atoms with Gasteiger partial charge in [-0.15, -0.1) is 0 Å². The van der Waals surface area contributed by atoms with Gasteiger partial charge in [-0.1, -0.05) is 0 Å². The van der Waals surface area contributed by atoms with Crippen LogP contribution in [0.5, 0.6) is 0 Å². The molecule has 1 fully saturated rings. The van der Waals surface area contributed by atoms with Gasteiger partial charge in [-0.2, -0.15) is 0 Å². The first-order valence-corrected chi connectivity index (χ1v) is 5.52. The number of carboxylic acid groups (broad SMARTS) is 1. The summed E-state index contributed by atoms with van der Waals surface area (Å²) in [5.41, 5.74) is 0. The van der Waals surface area contributed by atoms with E-state index >= 15 is 0 Å². The van der Waals surface area contributed by atoms with E-state index in [1.54, 1.807) is 0 Å². The summed E-state index contributed by atoms with van der Waals surface area (Å²) in [6, 6.07) is -0.748. The van der Waals surface area contributed by atoms with E-state index in [4.69, 9.17) is 5.11 Å². The van der Waals surface area contributed by atoms with Crippen LogP contribution in [-0.4, -0.2) is 35.8 Å². The van der Waals surface area contributed by atoms with Crippen molar-refractivity contribution < 1.29 is 18.7 Å². The summed E-state index contributed by atoms with van der Waals surface area (Å²) in [7, 11) is 0. The van der Waals surface area contributed by atoms with Crippen LogP contribution in [0.4, 0.5) is 13.6 Å². The van der Waals surface area contributed by atoms with E-state index in [2.05, 4.69) is 10.6 Å². The van der Waals surface area contributed by atoms with Gasteiger partial charge in [0, 0.05) is 12.1 Å². The topological polar surface area (TPSA) is 61.4 Å². The lowest BCUT2D eigenvalue weighted by molar-refractivity contribution is 0.0951. The molecular weight excluding hydrogens is 218 g/mol. The number of amides is 1. The van der Waals surface area contributed by atoms with Crippen molar-refractivity contribution in [3.8, 4) is 0 Å². The molecule has 16 heavy (non-hydrogen) atoms. The third-order valence-electron chi connectivity index (χ3n) is 2.93. The summed E-state index contributed by atoms with van der Waals surface area (Å²) in [5, 5.41) is 13.8. The zero-order chi connectivity index (χ0) is 12.1. The number of hydrogen-bond donors (Lipinski definition) is 3.